The number of ether oxygens (including phenoxy) is 1. The first-order chi connectivity index (χ1) is 10.6. The van der Waals surface area contributed by atoms with Gasteiger partial charge in [-0.3, -0.25) is 4.79 Å². The summed E-state index contributed by atoms with van der Waals surface area (Å²) < 4.78 is 5.46. The van der Waals surface area contributed by atoms with Gasteiger partial charge in [0.1, 0.15) is 5.69 Å². The summed E-state index contributed by atoms with van der Waals surface area (Å²) in [5.41, 5.74) is 4.36. The van der Waals surface area contributed by atoms with E-state index in [9.17, 15) is 4.79 Å². The van der Waals surface area contributed by atoms with Crippen molar-refractivity contribution in [1.29, 1.82) is 0 Å². The quantitative estimate of drug-likeness (QED) is 0.671. The molecule has 2 aromatic heterocycles. The van der Waals surface area contributed by atoms with E-state index < -0.39 is 0 Å². The molecule has 0 radical (unpaired) electrons. The number of rotatable bonds is 4. The van der Waals surface area contributed by atoms with E-state index in [-0.39, 0.29) is 11.2 Å². The molecule has 0 aliphatic carbocycles. The van der Waals surface area contributed by atoms with Gasteiger partial charge in [-0.1, -0.05) is 0 Å². The minimum Gasteiger partial charge on any atom is -0.377 e. The van der Waals surface area contributed by atoms with E-state index in [2.05, 4.69) is 20.3 Å². The van der Waals surface area contributed by atoms with Gasteiger partial charge in [0.2, 0.25) is 5.28 Å². The molecule has 2 N–H and O–H groups in total. The van der Waals surface area contributed by atoms with Crippen molar-refractivity contribution in [2.24, 2.45) is 0 Å². The van der Waals surface area contributed by atoms with Crippen molar-refractivity contribution in [1.82, 2.24) is 15.0 Å². The number of nitrogens with one attached hydrogen (secondary N) is 2. The van der Waals surface area contributed by atoms with Crippen molar-refractivity contribution in [3.8, 4) is 0 Å². The number of amides is 1. The molecule has 0 saturated heterocycles. The summed E-state index contributed by atoms with van der Waals surface area (Å²) in [5.74, 6) is -0.221. The number of hydrogen-bond acceptors (Lipinski definition) is 4. The topological polar surface area (TPSA) is 79.9 Å². The fraction of sp³-hybridized carbons (Fsp3) is 0.267. The van der Waals surface area contributed by atoms with Gasteiger partial charge in [-0.15, -0.1) is 0 Å². The lowest BCUT2D eigenvalue weighted by molar-refractivity contribution is -0.110. The number of anilines is 1. The van der Waals surface area contributed by atoms with E-state index in [4.69, 9.17) is 16.3 Å². The maximum absolute atomic E-state index is 12.1. The highest BCUT2D eigenvalue weighted by atomic mass is 35.5. The van der Waals surface area contributed by atoms with Crippen molar-refractivity contribution < 1.29 is 9.53 Å². The van der Waals surface area contributed by atoms with Crippen molar-refractivity contribution in [2.75, 3.05) is 11.9 Å². The number of aromatic amines is 1. The molecule has 0 spiro atoms. The maximum atomic E-state index is 12.1. The zero-order chi connectivity index (χ0) is 15.7. The number of carbonyl (C=O) groups excluding carboxylic acids is 1. The Labute approximate surface area is 132 Å². The second-order valence-electron chi connectivity index (χ2n) is 4.94. The molecule has 1 aliphatic heterocycles. The van der Waals surface area contributed by atoms with Gasteiger partial charge in [0, 0.05) is 23.6 Å². The standard InChI is InChI=1S/C15H15ClN4O2/c1-3-22-7-9-4-8(2)18-11(9)5-10-13-12(19-14(10)21)6-17-15(16)20-13/h4-6,18H,3,7H2,1-2H3,(H,19,21)/b10-5-. The molecule has 0 fully saturated rings. The van der Waals surface area contributed by atoms with Crippen LogP contribution >= 0.6 is 11.6 Å². The number of carbonyl (C=O) groups is 1. The number of halogens is 1. The average Bonchev–Trinajstić information content (AvgIpc) is 2.98. The molecule has 0 aromatic carbocycles. The van der Waals surface area contributed by atoms with Crippen molar-refractivity contribution in [2.45, 2.75) is 20.5 Å². The molecule has 3 rings (SSSR count). The fourth-order valence-corrected chi connectivity index (χ4v) is 2.49. The molecule has 3 heterocycles. The van der Waals surface area contributed by atoms with Crippen LogP contribution in [0.4, 0.5) is 5.69 Å². The minimum atomic E-state index is -0.221. The summed E-state index contributed by atoms with van der Waals surface area (Å²) in [6, 6.07) is 2.00. The van der Waals surface area contributed by atoms with Crippen LogP contribution < -0.4 is 5.32 Å². The Hall–Kier alpha value is -2.18. The first-order valence-electron chi connectivity index (χ1n) is 6.90. The van der Waals surface area contributed by atoms with E-state index in [1.165, 1.54) is 6.20 Å². The molecular formula is C15H15ClN4O2. The second kappa shape index (κ2) is 5.90. The van der Waals surface area contributed by atoms with E-state index in [0.717, 1.165) is 17.0 Å². The fourth-order valence-electron chi connectivity index (χ4n) is 2.36. The van der Waals surface area contributed by atoms with Crippen LogP contribution in [0, 0.1) is 6.92 Å². The van der Waals surface area contributed by atoms with Crippen molar-refractivity contribution in [3.05, 3.63) is 40.2 Å². The number of aryl methyl sites for hydroxylation is 1. The number of H-pyrrole nitrogens is 1. The normalized spacial score (nSPS) is 15.2. The Balaban J connectivity index is 2.03. The van der Waals surface area contributed by atoms with Crippen LogP contribution in [0.1, 0.15) is 29.6 Å². The third-order valence-electron chi connectivity index (χ3n) is 3.33. The minimum absolute atomic E-state index is 0.110. The van der Waals surface area contributed by atoms with E-state index >= 15 is 0 Å². The Bertz CT molecular complexity index is 767. The van der Waals surface area contributed by atoms with E-state index in [0.29, 0.717) is 30.2 Å². The SMILES string of the molecule is CCOCc1cc(C)[nH]c1/C=C1\C(=O)Nc2cnc(Cl)nc21. The molecule has 0 unspecified atom stereocenters. The Morgan fingerprint density at radius 1 is 1.45 bits per heavy atom. The third kappa shape index (κ3) is 2.75. The number of nitrogens with zero attached hydrogens (tertiary/aromatic N) is 2. The molecule has 7 heteroatoms. The van der Waals surface area contributed by atoms with Gasteiger partial charge in [0.05, 0.1) is 24.1 Å². The smallest absolute Gasteiger partial charge is 0.258 e. The van der Waals surface area contributed by atoms with Crippen molar-refractivity contribution >= 4 is 34.8 Å². The van der Waals surface area contributed by atoms with Crippen molar-refractivity contribution in [3.63, 3.8) is 0 Å². The highest BCUT2D eigenvalue weighted by Crippen LogP contribution is 2.32. The van der Waals surface area contributed by atoms with Crippen LogP contribution in [0.15, 0.2) is 12.3 Å². The average molecular weight is 319 g/mol. The lowest BCUT2D eigenvalue weighted by Gasteiger charge is -2.02. The molecule has 22 heavy (non-hydrogen) atoms. The summed E-state index contributed by atoms with van der Waals surface area (Å²) in [6.45, 7) is 5.02. The third-order valence-corrected chi connectivity index (χ3v) is 3.51. The van der Waals surface area contributed by atoms with Crippen LogP contribution in [-0.4, -0.2) is 27.5 Å². The molecule has 1 amide bonds. The molecule has 114 valence electrons. The summed E-state index contributed by atoms with van der Waals surface area (Å²) in [4.78, 5) is 23.4. The maximum Gasteiger partial charge on any atom is 0.258 e. The second-order valence-corrected chi connectivity index (χ2v) is 5.28. The Morgan fingerprint density at radius 2 is 2.27 bits per heavy atom. The van der Waals surface area contributed by atoms with Gasteiger partial charge in [-0.2, -0.15) is 0 Å². The summed E-state index contributed by atoms with van der Waals surface area (Å²) in [6.07, 6.45) is 3.27. The molecule has 2 aromatic rings. The number of hydrogen-bond donors (Lipinski definition) is 2. The summed E-state index contributed by atoms with van der Waals surface area (Å²) in [5, 5.41) is 2.84. The van der Waals surface area contributed by atoms with E-state index in [1.807, 2.05) is 19.9 Å². The van der Waals surface area contributed by atoms with Crippen LogP contribution in [0.3, 0.4) is 0 Å². The van der Waals surface area contributed by atoms with Gasteiger partial charge >= 0.3 is 0 Å². The van der Waals surface area contributed by atoms with Gasteiger partial charge in [-0.05, 0) is 37.6 Å². The predicted molar refractivity (Wildman–Crippen MR) is 84.4 cm³/mol. The van der Waals surface area contributed by atoms with Gasteiger partial charge in [-0.25, -0.2) is 9.97 Å². The first-order valence-corrected chi connectivity index (χ1v) is 7.28. The molecule has 6 nitrogen and oxygen atoms in total. The first kappa shape index (κ1) is 14.7. The van der Waals surface area contributed by atoms with Gasteiger partial charge in [0.25, 0.3) is 5.91 Å². The number of aromatic nitrogens is 3. The molecule has 1 aliphatic rings. The van der Waals surface area contributed by atoms with Crippen LogP contribution in [0.5, 0.6) is 0 Å². The Kier molecular flexibility index (Phi) is 3.96. The van der Waals surface area contributed by atoms with Crippen LogP contribution in [0.25, 0.3) is 11.6 Å². The molecule has 0 bridgehead atoms. The zero-order valence-electron chi connectivity index (χ0n) is 12.2. The molecule has 0 atom stereocenters. The lowest BCUT2D eigenvalue weighted by atomic mass is 10.1. The van der Waals surface area contributed by atoms with Gasteiger partial charge in [0.15, 0.2) is 0 Å². The number of fused-ring (bicyclic) bond motifs is 1. The zero-order valence-corrected chi connectivity index (χ0v) is 13.0. The largest absolute Gasteiger partial charge is 0.377 e. The highest BCUT2D eigenvalue weighted by molar-refractivity contribution is 6.35. The Morgan fingerprint density at radius 3 is 3.05 bits per heavy atom. The van der Waals surface area contributed by atoms with Gasteiger partial charge < -0.3 is 15.0 Å². The predicted octanol–water partition coefficient (Wildman–Crippen LogP) is 2.80. The lowest BCUT2D eigenvalue weighted by Crippen LogP contribution is -2.04. The summed E-state index contributed by atoms with van der Waals surface area (Å²) >= 11 is 5.83. The monoisotopic (exact) mass is 318 g/mol. The summed E-state index contributed by atoms with van der Waals surface area (Å²) in [7, 11) is 0. The molecular weight excluding hydrogens is 304 g/mol. The van der Waals surface area contributed by atoms with Crippen LogP contribution in [0.2, 0.25) is 5.28 Å². The van der Waals surface area contributed by atoms with Crippen LogP contribution in [-0.2, 0) is 16.1 Å². The molecule has 0 saturated carbocycles. The highest BCUT2D eigenvalue weighted by Gasteiger charge is 2.27. The van der Waals surface area contributed by atoms with E-state index in [1.54, 1.807) is 6.08 Å².